The summed E-state index contributed by atoms with van der Waals surface area (Å²) in [4.78, 5) is 28.1. The van der Waals surface area contributed by atoms with Gasteiger partial charge in [0, 0.05) is 47.0 Å². The van der Waals surface area contributed by atoms with Crippen molar-refractivity contribution in [2.75, 3.05) is 40.4 Å². The minimum atomic E-state index is -0.0945. The zero-order valence-electron chi connectivity index (χ0n) is 14.9. The minimum absolute atomic E-state index is 0.0331. The molecule has 1 aromatic heterocycles. The molecule has 0 saturated carbocycles. The molecule has 1 aromatic rings. The summed E-state index contributed by atoms with van der Waals surface area (Å²) in [5, 5.41) is 4.15. The zero-order valence-corrected chi connectivity index (χ0v) is 14.9. The Bertz CT molecular complexity index is 558. The number of hydrogen-bond acceptors (Lipinski definition) is 4. The number of rotatable bonds is 7. The van der Waals surface area contributed by atoms with Crippen LogP contribution in [0, 0.1) is 5.92 Å². The Balaban J connectivity index is 1.78. The van der Waals surface area contributed by atoms with Crippen molar-refractivity contribution in [2.24, 2.45) is 13.0 Å². The van der Waals surface area contributed by atoms with Gasteiger partial charge in [-0.05, 0) is 31.2 Å². The van der Waals surface area contributed by atoms with Gasteiger partial charge in [-0.1, -0.05) is 0 Å². The van der Waals surface area contributed by atoms with E-state index >= 15 is 0 Å². The molecule has 1 saturated heterocycles. The number of hydrogen-bond donors (Lipinski definition) is 0. The maximum absolute atomic E-state index is 12.6. The molecule has 0 aromatic carbocycles. The number of carbonyl (C=O) groups is 2. The van der Waals surface area contributed by atoms with Crippen LogP contribution in [0.15, 0.2) is 12.4 Å². The molecule has 1 atom stereocenters. The highest BCUT2D eigenvalue weighted by molar-refractivity contribution is 5.81. The highest BCUT2D eigenvalue weighted by Gasteiger charge is 2.29. The fourth-order valence-electron chi connectivity index (χ4n) is 3.16. The predicted octanol–water partition coefficient (Wildman–Crippen LogP) is 0.696. The average Bonchev–Trinajstić information content (AvgIpc) is 2.99. The highest BCUT2D eigenvalue weighted by atomic mass is 16.5. The van der Waals surface area contributed by atoms with Crippen molar-refractivity contribution in [3.05, 3.63) is 18.0 Å². The lowest BCUT2D eigenvalue weighted by Crippen LogP contribution is -2.47. The molecule has 1 aliphatic heterocycles. The zero-order chi connectivity index (χ0) is 17.5. The molecule has 24 heavy (non-hydrogen) atoms. The van der Waals surface area contributed by atoms with Crippen LogP contribution in [0.3, 0.4) is 0 Å². The van der Waals surface area contributed by atoms with Gasteiger partial charge in [-0.25, -0.2) is 0 Å². The molecule has 2 rings (SSSR count). The van der Waals surface area contributed by atoms with Crippen LogP contribution >= 0.6 is 0 Å². The Labute approximate surface area is 143 Å². The van der Waals surface area contributed by atoms with E-state index in [4.69, 9.17) is 4.74 Å². The Hall–Kier alpha value is -1.89. The normalized spacial score (nSPS) is 17.8. The van der Waals surface area contributed by atoms with E-state index in [0.717, 1.165) is 38.8 Å². The summed E-state index contributed by atoms with van der Waals surface area (Å²) in [6.07, 6.45) is 7.41. The molecule has 0 N–H and O–H groups in total. The molecular weight excluding hydrogens is 308 g/mol. The number of methoxy groups -OCH3 is 1. The summed E-state index contributed by atoms with van der Waals surface area (Å²) in [6.45, 7) is 2.03. The van der Waals surface area contributed by atoms with Gasteiger partial charge in [-0.2, -0.15) is 5.10 Å². The topological polar surface area (TPSA) is 67.7 Å². The molecular formula is C17H28N4O3. The first-order valence-corrected chi connectivity index (χ1v) is 8.50. The van der Waals surface area contributed by atoms with Crippen molar-refractivity contribution < 1.29 is 14.3 Å². The van der Waals surface area contributed by atoms with E-state index in [0.29, 0.717) is 6.54 Å². The lowest BCUT2D eigenvalue weighted by Gasteiger charge is -2.34. The second-order valence-electron chi connectivity index (χ2n) is 6.50. The second kappa shape index (κ2) is 8.82. The van der Waals surface area contributed by atoms with E-state index in [1.807, 2.05) is 26.5 Å². The van der Waals surface area contributed by atoms with E-state index in [1.54, 1.807) is 14.5 Å². The number of aryl methyl sites for hydroxylation is 2. The number of amides is 2. The van der Waals surface area contributed by atoms with Gasteiger partial charge in [-0.15, -0.1) is 0 Å². The molecule has 2 heterocycles. The third kappa shape index (κ3) is 5.06. The first kappa shape index (κ1) is 18.4. The summed E-state index contributed by atoms with van der Waals surface area (Å²) >= 11 is 0. The molecule has 7 nitrogen and oxygen atoms in total. The van der Waals surface area contributed by atoms with Crippen LogP contribution in [0.4, 0.5) is 0 Å². The number of ether oxygens (including phenoxy) is 1. The Morgan fingerprint density at radius 2 is 2.25 bits per heavy atom. The van der Waals surface area contributed by atoms with Gasteiger partial charge < -0.3 is 14.5 Å². The van der Waals surface area contributed by atoms with Crippen molar-refractivity contribution in [1.82, 2.24) is 19.6 Å². The minimum Gasteiger partial charge on any atom is -0.375 e. The molecule has 1 aliphatic rings. The lowest BCUT2D eigenvalue weighted by atomic mass is 9.96. The number of likely N-dealkylation sites (tertiary alicyclic amines) is 1. The number of piperidine rings is 1. The van der Waals surface area contributed by atoms with Gasteiger partial charge >= 0.3 is 0 Å². The summed E-state index contributed by atoms with van der Waals surface area (Å²) in [6, 6.07) is 0. The van der Waals surface area contributed by atoms with Crippen molar-refractivity contribution >= 4 is 11.8 Å². The molecule has 0 radical (unpaired) electrons. The van der Waals surface area contributed by atoms with Crippen molar-refractivity contribution in [2.45, 2.75) is 25.7 Å². The molecule has 0 aliphatic carbocycles. The Morgan fingerprint density at radius 1 is 1.46 bits per heavy atom. The fraction of sp³-hybridized carbons (Fsp3) is 0.706. The monoisotopic (exact) mass is 336 g/mol. The quantitative estimate of drug-likeness (QED) is 0.735. The molecule has 1 fully saturated rings. The molecule has 0 spiro atoms. The van der Waals surface area contributed by atoms with Gasteiger partial charge in [0.1, 0.15) is 6.61 Å². The van der Waals surface area contributed by atoms with E-state index in [2.05, 4.69) is 5.10 Å². The average molecular weight is 336 g/mol. The molecule has 2 amide bonds. The summed E-state index contributed by atoms with van der Waals surface area (Å²) in [5.41, 5.74) is 1.19. The standard InChI is InChI=1S/C17H28N4O3/c1-19(8-4-6-14-10-18-20(2)11-14)17(23)15-7-5-9-21(12-15)16(22)13-24-3/h10-11,15H,4-9,12-13H2,1-3H3/t15-/m1/s1. The fourth-order valence-corrected chi connectivity index (χ4v) is 3.16. The predicted molar refractivity (Wildman–Crippen MR) is 90.3 cm³/mol. The molecule has 7 heteroatoms. The third-order valence-corrected chi connectivity index (χ3v) is 4.48. The SMILES string of the molecule is COCC(=O)N1CCC[C@@H](C(=O)N(C)CCCc2cnn(C)c2)C1. The van der Waals surface area contributed by atoms with Crippen molar-refractivity contribution in [3.8, 4) is 0 Å². The molecule has 0 bridgehead atoms. The Morgan fingerprint density at radius 3 is 2.92 bits per heavy atom. The number of carbonyl (C=O) groups excluding carboxylic acids is 2. The van der Waals surface area contributed by atoms with Gasteiger partial charge in [0.05, 0.1) is 12.1 Å². The first-order valence-electron chi connectivity index (χ1n) is 8.50. The number of nitrogens with zero attached hydrogens (tertiary/aromatic N) is 4. The second-order valence-corrected chi connectivity index (χ2v) is 6.50. The van der Waals surface area contributed by atoms with E-state index in [9.17, 15) is 9.59 Å². The largest absolute Gasteiger partial charge is 0.375 e. The van der Waals surface area contributed by atoms with Crippen LogP contribution in [-0.4, -0.2) is 71.8 Å². The van der Waals surface area contributed by atoms with Crippen molar-refractivity contribution in [1.29, 1.82) is 0 Å². The lowest BCUT2D eigenvalue weighted by molar-refractivity contribution is -0.142. The first-order chi connectivity index (χ1) is 11.5. The Kier molecular flexibility index (Phi) is 6.78. The van der Waals surface area contributed by atoms with Crippen LogP contribution in [-0.2, 0) is 27.8 Å². The van der Waals surface area contributed by atoms with Gasteiger partial charge in [0.25, 0.3) is 0 Å². The summed E-state index contributed by atoms with van der Waals surface area (Å²) in [7, 11) is 5.26. The maximum Gasteiger partial charge on any atom is 0.248 e. The summed E-state index contributed by atoms with van der Waals surface area (Å²) < 4.78 is 6.69. The van der Waals surface area contributed by atoms with E-state index in [-0.39, 0.29) is 24.3 Å². The number of aromatic nitrogens is 2. The molecule has 0 unspecified atom stereocenters. The van der Waals surface area contributed by atoms with Crippen molar-refractivity contribution in [3.63, 3.8) is 0 Å². The molecule has 134 valence electrons. The van der Waals surface area contributed by atoms with Gasteiger partial charge in [-0.3, -0.25) is 14.3 Å². The maximum atomic E-state index is 12.6. The van der Waals surface area contributed by atoms with E-state index < -0.39 is 0 Å². The smallest absolute Gasteiger partial charge is 0.248 e. The summed E-state index contributed by atoms with van der Waals surface area (Å²) in [5.74, 6) is 0.00767. The highest BCUT2D eigenvalue weighted by Crippen LogP contribution is 2.19. The van der Waals surface area contributed by atoms with Gasteiger partial charge in [0.15, 0.2) is 0 Å². The van der Waals surface area contributed by atoms with Crippen LogP contribution in [0.5, 0.6) is 0 Å². The van der Waals surface area contributed by atoms with Crippen LogP contribution < -0.4 is 0 Å². The van der Waals surface area contributed by atoms with Crippen LogP contribution in [0.25, 0.3) is 0 Å². The van der Waals surface area contributed by atoms with Crippen LogP contribution in [0.2, 0.25) is 0 Å². The van der Waals surface area contributed by atoms with Gasteiger partial charge in [0.2, 0.25) is 11.8 Å². The third-order valence-electron chi connectivity index (χ3n) is 4.48. The van der Waals surface area contributed by atoms with E-state index in [1.165, 1.54) is 12.7 Å². The van der Waals surface area contributed by atoms with Crippen LogP contribution in [0.1, 0.15) is 24.8 Å².